The third-order valence-corrected chi connectivity index (χ3v) is 3.56. The number of hydrogen-bond donors (Lipinski definition) is 2. The number of carbonyl (C=O) groups is 1. The molecule has 0 spiro atoms. The van der Waals surface area contributed by atoms with Gasteiger partial charge in [-0.1, -0.05) is 0 Å². The zero-order valence-corrected chi connectivity index (χ0v) is 11.1. The predicted molar refractivity (Wildman–Crippen MR) is 71.2 cm³/mol. The topological polar surface area (TPSA) is 51.4 Å². The average Bonchev–Trinajstić information content (AvgIpc) is 2.84. The lowest BCUT2D eigenvalue weighted by molar-refractivity contribution is -0.131. The molecule has 1 fully saturated rings. The molecule has 1 amide bonds. The fraction of sp³-hybridized carbons (Fsp3) is 0.615. The normalized spacial score (nSPS) is 20.9. The van der Waals surface area contributed by atoms with Crippen LogP contribution in [0.15, 0.2) is 18.5 Å². The Hall–Kier alpha value is -1.33. The van der Waals surface area contributed by atoms with Crippen LogP contribution in [0, 0.1) is 0 Å². The van der Waals surface area contributed by atoms with Crippen LogP contribution in [-0.2, 0) is 11.3 Å². The number of rotatable bonds is 4. The molecule has 0 radical (unpaired) electrons. The van der Waals surface area contributed by atoms with Crippen LogP contribution in [0.2, 0.25) is 0 Å². The molecule has 1 unspecified atom stereocenters. The summed E-state index contributed by atoms with van der Waals surface area (Å²) in [6.07, 6.45) is 4.40. The van der Waals surface area contributed by atoms with Gasteiger partial charge in [0.1, 0.15) is 0 Å². The van der Waals surface area contributed by atoms with Gasteiger partial charge in [-0.3, -0.25) is 4.79 Å². The molecule has 0 aliphatic carbocycles. The summed E-state index contributed by atoms with van der Waals surface area (Å²) in [6, 6.07) is 2.32. The standard InChI is InChI=1S/C13H22N4O/c1-16-6-5-15-9-12(16)7-13(18)17(2)10-11-3-4-14-8-11/h3-4,8,12,14-15H,5-7,9-10H2,1-2H3. The molecule has 1 aromatic heterocycles. The van der Waals surface area contributed by atoms with E-state index in [0.29, 0.717) is 19.0 Å². The van der Waals surface area contributed by atoms with Crippen LogP contribution < -0.4 is 5.32 Å². The summed E-state index contributed by atoms with van der Waals surface area (Å²) in [6.45, 7) is 3.60. The number of likely N-dealkylation sites (N-methyl/N-ethyl adjacent to an activating group) is 1. The fourth-order valence-corrected chi connectivity index (χ4v) is 2.27. The number of piperazine rings is 1. The molecule has 0 aromatic carbocycles. The van der Waals surface area contributed by atoms with E-state index < -0.39 is 0 Å². The molecule has 5 heteroatoms. The van der Waals surface area contributed by atoms with Crippen LogP contribution in [0.3, 0.4) is 0 Å². The molecule has 2 rings (SSSR count). The van der Waals surface area contributed by atoms with Crippen LogP contribution in [0.1, 0.15) is 12.0 Å². The van der Waals surface area contributed by atoms with Gasteiger partial charge >= 0.3 is 0 Å². The van der Waals surface area contributed by atoms with Gasteiger partial charge in [-0.25, -0.2) is 0 Å². The van der Waals surface area contributed by atoms with E-state index in [1.54, 1.807) is 4.90 Å². The van der Waals surface area contributed by atoms with Gasteiger partial charge in [-0.2, -0.15) is 0 Å². The highest BCUT2D eigenvalue weighted by Crippen LogP contribution is 2.09. The number of aromatic nitrogens is 1. The molecule has 18 heavy (non-hydrogen) atoms. The minimum Gasteiger partial charge on any atom is -0.367 e. The molecular weight excluding hydrogens is 228 g/mol. The molecule has 1 aromatic rings. The Morgan fingerprint density at radius 2 is 2.44 bits per heavy atom. The molecule has 1 saturated heterocycles. The van der Waals surface area contributed by atoms with Crippen molar-refractivity contribution >= 4 is 5.91 Å². The summed E-state index contributed by atoms with van der Waals surface area (Å²) >= 11 is 0. The van der Waals surface area contributed by atoms with Crippen molar-refractivity contribution in [1.29, 1.82) is 0 Å². The summed E-state index contributed by atoms with van der Waals surface area (Å²) in [5.41, 5.74) is 1.14. The number of nitrogens with zero attached hydrogens (tertiary/aromatic N) is 2. The van der Waals surface area contributed by atoms with Gasteiger partial charge in [0.2, 0.25) is 5.91 Å². The highest BCUT2D eigenvalue weighted by Gasteiger charge is 2.22. The third kappa shape index (κ3) is 3.34. The summed E-state index contributed by atoms with van der Waals surface area (Å²) in [7, 11) is 3.95. The predicted octanol–water partition coefficient (Wildman–Crippen LogP) is 0.267. The van der Waals surface area contributed by atoms with E-state index in [1.165, 1.54) is 0 Å². The first-order chi connectivity index (χ1) is 8.66. The maximum absolute atomic E-state index is 12.1. The number of amides is 1. The van der Waals surface area contributed by atoms with E-state index >= 15 is 0 Å². The lowest BCUT2D eigenvalue weighted by Gasteiger charge is -2.33. The van der Waals surface area contributed by atoms with E-state index in [4.69, 9.17) is 0 Å². The molecule has 1 aliphatic rings. The van der Waals surface area contributed by atoms with E-state index in [9.17, 15) is 4.79 Å². The van der Waals surface area contributed by atoms with E-state index in [-0.39, 0.29) is 5.91 Å². The Morgan fingerprint density at radius 1 is 1.61 bits per heavy atom. The molecule has 2 heterocycles. The molecule has 0 bridgehead atoms. The highest BCUT2D eigenvalue weighted by atomic mass is 16.2. The lowest BCUT2D eigenvalue weighted by atomic mass is 10.1. The summed E-state index contributed by atoms with van der Waals surface area (Å²) in [4.78, 5) is 19.2. The second-order valence-corrected chi connectivity index (χ2v) is 5.01. The smallest absolute Gasteiger partial charge is 0.224 e. The number of nitrogens with one attached hydrogen (secondary N) is 2. The molecule has 1 atom stereocenters. The lowest BCUT2D eigenvalue weighted by Crippen LogP contribution is -2.51. The van der Waals surface area contributed by atoms with Gasteiger partial charge < -0.3 is 20.1 Å². The number of H-pyrrole nitrogens is 1. The second-order valence-electron chi connectivity index (χ2n) is 5.01. The van der Waals surface area contributed by atoms with Gasteiger partial charge in [0.25, 0.3) is 0 Å². The van der Waals surface area contributed by atoms with Crippen molar-refractivity contribution in [3.8, 4) is 0 Å². The minimum atomic E-state index is 0.205. The largest absolute Gasteiger partial charge is 0.367 e. The quantitative estimate of drug-likeness (QED) is 0.806. The van der Waals surface area contributed by atoms with Crippen LogP contribution in [0.25, 0.3) is 0 Å². The molecule has 0 saturated carbocycles. The van der Waals surface area contributed by atoms with Gasteiger partial charge in [-0.15, -0.1) is 0 Å². The van der Waals surface area contributed by atoms with Gasteiger partial charge in [0.15, 0.2) is 0 Å². The van der Waals surface area contributed by atoms with Crippen LogP contribution >= 0.6 is 0 Å². The van der Waals surface area contributed by atoms with Crippen molar-refractivity contribution in [1.82, 2.24) is 20.1 Å². The number of carbonyl (C=O) groups excluding carboxylic acids is 1. The fourth-order valence-electron chi connectivity index (χ4n) is 2.27. The average molecular weight is 250 g/mol. The number of hydrogen-bond acceptors (Lipinski definition) is 3. The molecule has 2 N–H and O–H groups in total. The third-order valence-electron chi connectivity index (χ3n) is 3.56. The summed E-state index contributed by atoms with van der Waals surface area (Å²) in [5.74, 6) is 0.205. The highest BCUT2D eigenvalue weighted by molar-refractivity contribution is 5.76. The Morgan fingerprint density at radius 3 is 3.11 bits per heavy atom. The van der Waals surface area contributed by atoms with E-state index in [2.05, 4.69) is 22.2 Å². The van der Waals surface area contributed by atoms with Gasteiger partial charge in [0, 0.05) is 58.1 Å². The molecular formula is C13H22N4O. The first kappa shape index (κ1) is 13.1. The van der Waals surface area contributed by atoms with Crippen molar-refractivity contribution < 1.29 is 4.79 Å². The van der Waals surface area contributed by atoms with Crippen LogP contribution in [-0.4, -0.2) is 60.5 Å². The van der Waals surface area contributed by atoms with Crippen molar-refractivity contribution in [3.05, 3.63) is 24.0 Å². The van der Waals surface area contributed by atoms with E-state index in [1.807, 2.05) is 25.5 Å². The van der Waals surface area contributed by atoms with Gasteiger partial charge in [0.05, 0.1) is 0 Å². The second kappa shape index (κ2) is 6.02. The maximum Gasteiger partial charge on any atom is 0.224 e. The Bertz CT molecular complexity index is 376. The van der Waals surface area contributed by atoms with Crippen molar-refractivity contribution in [2.45, 2.75) is 19.0 Å². The maximum atomic E-state index is 12.1. The van der Waals surface area contributed by atoms with E-state index in [0.717, 1.165) is 25.2 Å². The Labute approximate surface area is 108 Å². The zero-order valence-electron chi connectivity index (χ0n) is 11.1. The van der Waals surface area contributed by atoms with Crippen molar-refractivity contribution in [2.24, 2.45) is 0 Å². The summed E-state index contributed by atoms with van der Waals surface area (Å²) < 4.78 is 0. The monoisotopic (exact) mass is 250 g/mol. The Kier molecular flexibility index (Phi) is 4.38. The minimum absolute atomic E-state index is 0.205. The van der Waals surface area contributed by atoms with Gasteiger partial charge in [-0.05, 0) is 18.7 Å². The zero-order chi connectivity index (χ0) is 13.0. The van der Waals surface area contributed by atoms with Crippen molar-refractivity contribution in [2.75, 3.05) is 33.7 Å². The van der Waals surface area contributed by atoms with Crippen LogP contribution in [0.5, 0.6) is 0 Å². The first-order valence-electron chi connectivity index (χ1n) is 6.43. The SMILES string of the molecule is CN(Cc1cc[nH]c1)C(=O)CC1CNCCN1C. The Balaban J connectivity index is 1.83. The molecule has 100 valence electrons. The number of aromatic amines is 1. The van der Waals surface area contributed by atoms with Crippen molar-refractivity contribution in [3.63, 3.8) is 0 Å². The van der Waals surface area contributed by atoms with Crippen LogP contribution in [0.4, 0.5) is 0 Å². The first-order valence-corrected chi connectivity index (χ1v) is 6.43. The molecule has 1 aliphatic heterocycles. The molecule has 5 nitrogen and oxygen atoms in total. The summed E-state index contributed by atoms with van der Waals surface area (Å²) in [5, 5.41) is 3.34.